The normalized spacial score (nSPS) is 10.9. The highest BCUT2D eigenvalue weighted by molar-refractivity contribution is 5.95. The monoisotopic (exact) mass is 285 g/mol. The van der Waals surface area contributed by atoms with Gasteiger partial charge in [-0.3, -0.25) is 4.98 Å². The van der Waals surface area contributed by atoms with E-state index in [1.807, 2.05) is 0 Å². The van der Waals surface area contributed by atoms with Crippen molar-refractivity contribution in [3.8, 4) is 0 Å². The zero-order chi connectivity index (χ0) is 15.4. The highest BCUT2D eigenvalue weighted by Crippen LogP contribution is 2.31. The lowest BCUT2D eigenvalue weighted by atomic mass is 10.1. The molecule has 0 fully saturated rings. The first-order valence-corrected chi connectivity index (χ1v) is 8.02. The highest BCUT2D eigenvalue weighted by atomic mass is 15.1. The van der Waals surface area contributed by atoms with Gasteiger partial charge in [0.2, 0.25) is 0 Å². The van der Waals surface area contributed by atoms with Crippen molar-refractivity contribution in [3.63, 3.8) is 0 Å². The van der Waals surface area contributed by atoms with E-state index in [0.717, 1.165) is 37.3 Å². The SMILES string of the molecule is CCCNc1c(C)c(C)nc2ccc(N(CC)CC)cc12. The molecule has 0 unspecified atom stereocenters. The van der Waals surface area contributed by atoms with E-state index in [9.17, 15) is 0 Å². The molecule has 3 heteroatoms. The van der Waals surface area contributed by atoms with Crippen molar-refractivity contribution in [2.24, 2.45) is 0 Å². The number of nitrogens with zero attached hydrogens (tertiary/aromatic N) is 2. The quantitative estimate of drug-likeness (QED) is 0.845. The Kier molecular flexibility index (Phi) is 5.05. The van der Waals surface area contributed by atoms with E-state index in [-0.39, 0.29) is 0 Å². The Morgan fingerprint density at radius 1 is 1.10 bits per heavy atom. The molecule has 0 atom stereocenters. The van der Waals surface area contributed by atoms with Gasteiger partial charge >= 0.3 is 0 Å². The minimum Gasteiger partial charge on any atom is -0.384 e. The fraction of sp³-hybridized carbons (Fsp3) is 0.500. The summed E-state index contributed by atoms with van der Waals surface area (Å²) in [6.45, 7) is 13.9. The van der Waals surface area contributed by atoms with Crippen LogP contribution in [0, 0.1) is 13.8 Å². The fourth-order valence-electron chi connectivity index (χ4n) is 2.73. The number of pyridine rings is 1. The summed E-state index contributed by atoms with van der Waals surface area (Å²) >= 11 is 0. The van der Waals surface area contributed by atoms with Crippen molar-refractivity contribution in [1.82, 2.24) is 4.98 Å². The summed E-state index contributed by atoms with van der Waals surface area (Å²) in [7, 11) is 0. The third-order valence-corrected chi connectivity index (χ3v) is 4.14. The number of aromatic nitrogens is 1. The summed E-state index contributed by atoms with van der Waals surface area (Å²) in [5.41, 5.74) is 5.96. The number of fused-ring (bicyclic) bond motifs is 1. The summed E-state index contributed by atoms with van der Waals surface area (Å²) in [5, 5.41) is 4.82. The molecule has 0 aliphatic heterocycles. The summed E-state index contributed by atoms with van der Waals surface area (Å²) in [6, 6.07) is 6.60. The molecule has 0 spiro atoms. The van der Waals surface area contributed by atoms with Gasteiger partial charge in [0.05, 0.1) is 5.52 Å². The van der Waals surface area contributed by atoms with E-state index in [2.05, 4.69) is 63.0 Å². The highest BCUT2D eigenvalue weighted by Gasteiger charge is 2.11. The van der Waals surface area contributed by atoms with Crippen LogP contribution in [-0.4, -0.2) is 24.6 Å². The van der Waals surface area contributed by atoms with Gasteiger partial charge in [-0.25, -0.2) is 0 Å². The Bertz CT molecular complexity index is 615. The minimum absolute atomic E-state index is 0.995. The van der Waals surface area contributed by atoms with Crippen LogP contribution in [0.2, 0.25) is 0 Å². The third-order valence-electron chi connectivity index (χ3n) is 4.14. The summed E-state index contributed by atoms with van der Waals surface area (Å²) in [4.78, 5) is 7.11. The number of hydrogen-bond acceptors (Lipinski definition) is 3. The number of anilines is 2. The second kappa shape index (κ2) is 6.79. The van der Waals surface area contributed by atoms with E-state index in [4.69, 9.17) is 4.98 Å². The predicted octanol–water partition coefficient (Wildman–Crippen LogP) is 4.52. The molecule has 3 nitrogen and oxygen atoms in total. The second-order valence-electron chi connectivity index (χ2n) is 5.50. The first-order chi connectivity index (χ1) is 10.1. The molecule has 0 amide bonds. The van der Waals surface area contributed by atoms with Crippen molar-refractivity contribution in [3.05, 3.63) is 29.5 Å². The van der Waals surface area contributed by atoms with Crippen LogP contribution in [0.4, 0.5) is 11.4 Å². The molecule has 2 rings (SSSR count). The van der Waals surface area contributed by atoms with Crippen LogP contribution in [0.1, 0.15) is 38.4 Å². The maximum absolute atomic E-state index is 4.74. The molecular formula is C18H27N3. The van der Waals surface area contributed by atoms with Crippen molar-refractivity contribution in [2.45, 2.75) is 41.0 Å². The molecule has 1 N–H and O–H groups in total. The number of rotatable bonds is 6. The van der Waals surface area contributed by atoms with Crippen LogP contribution in [-0.2, 0) is 0 Å². The van der Waals surface area contributed by atoms with Crippen LogP contribution < -0.4 is 10.2 Å². The van der Waals surface area contributed by atoms with Crippen molar-refractivity contribution in [1.29, 1.82) is 0 Å². The van der Waals surface area contributed by atoms with Gasteiger partial charge in [0.1, 0.15) is 0 Å². The molecular weight excluding hydrogens is 258 g/mol. The molecule has 0 bridgehead atoms. The van der Waals surface area contributed by atoms with Crippen molar-refractivity contribution < 1.29 is 0 Å². The number of nitrogens with one attached hydrogen (secondary N) is 1. The molecule has 0 radical (unpaired) electrons. The smallest absolute Gasteiger partial charge is 0.0727 e. The van der Waals surface area contributed by atoms with Crippen LogP contribution >= 0.6 is 0 Å². The average molecular weight is 285 g/mol. The lowest BCUT2D eigenvalue weighted by Crippen LogP contribution is -2.21. The number of hydrogen-bond donors (Lipinski definition) is 1. The first-order valence-electron chi connectivity index (χ1n) is 8.02. The van der Waals surface area contributed by atoms with E-state index in [1.54, 1.807) is 0 Å². The van der Waals surface area contributed by atoms with Crippen molar-refractivity contribution in [2.75, 3.05) is 29.9 Å². The standard InChI is InChI=1S/C18H27N3/c1-6-11-19-18-13(4)14(5)20-17-10-9-15(12-16(17)18)21(7-2)8-3/h9-10,12H,6-8,11H2,1-5H3,(H,19,20). The maximum Gasteiger partial charge on any atom is 0.0727 e. The van der Waals surface area contributed by atoms with Crippen LogP contribution in [0.25, 0.3) is 10.9 Å². The van der Waals surface area contributed by atoms with Gasteiger partial charge < -0.3 is 10.2 Å². The van der Waals surface area contributed by atoms with Gasteiger partial charge in [-0.1, -0.05) is 6.92 Å². The first kappa shape index (κ1) is 15.6. The zero-order valence-electron chi connectivity index (χ0n) is 14.0. The van der Waals surface area contributed by atoms with E-state index < -0.39 is 0 Å². The second-order valence-corrected chi connectivity index (χ2v) is 5.50. The van der Waals surface area contributed by atoms with Gasteiger partial charge in [0, 0.05) is 42.1 Å². The Balaban J connectivity index is 2.59. The van der Waals surface area contributed by atoms with Gasteiger partial charge in [-0.05, 0) is 57.9 Å². The van der Waals surface area contributed by atoms with Gasteiger partial charge in [-0.15, -0.1) is 0 Å². The zero-order valence-corrected chi connectivity index (χ0v) is 14.0. The Morgan fingerprint density at radius 3 is 2.43 bits per heavy atom. The maximum atomic E-state index is 4.74. The molecule has 21 heavy (non-hydrogen) atoms. The van der Waals surface area contributed by atoms with Gasteiger partial charge in [0.25, 0.3) is 0 Å². The lowest BCUT2D eigenvalue weighted by Gasteiger charge is -2.22. The summed E-state index contributed by atoms with van der Waals surface area (Å²) in [6.07, 6.45) is 1.12. The van der Waals surface area contributed by atoms with E-state index >= 15 is 0 Å². The van der Waals surface area contributed by atoms with Crippen molar-refractivity contribution >= 4 is 22.3 Å². The third kappa shape index (κ3) is 3.12. The van der Waals surface area contributed by atoms with Crippen LogP contribution in [0.3, 0.4) is 0 Å². The molecule has 114 valence electrons. The Morgan fingerprint density at radius 2 is 1.81 bits per heavy atom. The lowest BCUT2D eigenvalue weighted by molar-refractivity contribution is 0.867. The molecule has 0 aliphatic carbocycles. The fourth-order valence-corrected chi connectivity index (χ4v) is 2.73. The Hall–Kier alpha value is -1.77. The average Bonchev–Trinajstić information content (AvgIpc) is 2.49. The van der Waals surface area contributed by atoms with Crippen LogP contribution in [0.5, 0.6) is 0 Å². The van der Waals surface area contributed by atoms with Gasteiger partial charge in [-0.2, -0.15) is 0 Å². The molecule has 0 saturated carbocycles. The summed E-state index contributed by atoms with van der Waals surface area (Å²) in [5.74, 6) is 0. The number of aryl methyl sites for hydroxylation is 1. The molecule has 0 saturated heterocycles. The Labute approximate surface area is 128 Å². The number of benzene rings is 1. The molecule has 1 aromatic carbocycles. The molecule has 1 aromatic heterocycles. The summed E-state index contributed by atoms with van der Waals surface area (Å²) < 4.78 is 0. The van der Waals surface area contributed by atoms with E-state index in [0.29, 0.717) is 0 Å². The predicted molar refractivity (Wildman–Crippen MR) is 93.6 cm³/mol. The minimum atomic E-state index is 0.995. The molecule has 1 heterocycles. The topological polar surface area (TPSA) is 28.2 Å². The molecule has 0 aliphatic rings. The molecule has 2 aromatic rings. The van der Waals surface area contributed by atoms with E-state index in [1.165, 1.54) is 22.3 Å². The van der Waals surface area contributed by atoms with Crippen LogP contribution in [0.15, 0.2) is 18.2 Å². The largest absolute Gasteiger partial charge is 0.384 e. The van der Waals surface area contributed by atoms with Gasteiger partial charge in [0.15, 0.2) is 0 Å².